The number of nitrogens with two attached hydrogens (primary N) is 1. The lowest BCUT2D eigenvalue weighted by atomic mass is 10.2. The maximum absolute atomic E-state index is 12.2. The van der Waals surface area contributed by atoms with Crippen LogP contribution < -0.4 is 16.0 Å². The molecule has 20 heavy (non-hydrogen) atoms. The van der Waals surface area contributed by atoms with Crippen LogP contribution in [0.1, 0.15) is 31.2 Å². The van der Waals surface area contributed by atoms with Gasteiger partial charge in [0, 0.05) is 24.3 Å². The smallest absolute Gasteiger partial charge is 0.321 e. The fraction of sp³-hybridized carbons (Fsp3) is 0.429. The van der Waals surface area contributed by atoms with Crippen molar-refractivity contribution in [2.75, 3.05) is 11.9 Å². The molecule has 108 valence electrons. The maximum atomic E-state index is 12.2. The van der Waals surface area contributed by atoms with Gasteiger partial charge in [0.15, 0.2) is 5.84 Å². The molecule has 1 aromatic rings. The van der Waals surface area contributed by atoms with Gasteiger partial charge in [0.25, 0.3) is 0 Å². The van der Waals surface area contributed by atoms with Gasteiger partial charge in [0.1, 0.15) is 0 Å². The molecule has 0 bridgehead atoms. The lowest BCUT2D eigenvalue weighted by Gasteiger charge is -2.21. The van der Waals surface area contributed by atoms with Gasteiger partial charge in [-0.2, -0.15) is 0 Å². The van der Waals surface area contributed by atoms with Crippen molar-refractivity contribution in [3.05, 3.63) is 29.8 Å². The van der Waals surface area contributed by atoms with Crippen LogP contribution in [0.5, 0.6) is 0 Å². The highest BCUT2D eigenvalue weighted by Gasteiger charge is 2.19. The van der Waals surface area contributed by atoms with Gasteiger partial charge in [0.05, 0.1) is 0 Å². The summed E-state index contributed by atoms with van der Waals surface area (Å²) in [5.41, 5.74) is 6.83. The highest BCUT2D eigenvalue weighted by molar-refractivity contribution is 5.99. The van der Waals surface area contributed by atoms with E-state index >= 15 is 0 Å². The summed E-state index contributed by atoms with van der Waals surface area (Å²) < 4.78 is 0. The van der Waals surface area contributed by atoms with Crippen LogP contribution in [-0.4, -0.2) is 30.2 Å². The van der Waals surface area contributed by atoms with Gasteiger partial charge in [-0.3, -0.25) is 4.90 Å². The summed E-state index contributed by atoms with van der Waals surface area (Å²) in [4.78, 5) is 13.7. The summed E-state index contributed by atoms with van der Waals surface area (Å²) >= 11 is 0. The minimum absolute atomic E-state index is 0.0245. The van der Waals surface area contributed by atoms with Crippen LogP contribution >= 0.6 is 0 Å². The molecule has 0 atom stereocenters. The van der Waals surface area contributed by atoms with E-state index in [1.165, 1.54) is 17.7 Å². The zero-order chi connectivity index (χ0) is 14.5. The van der Waals surface area contributed by atoms with E-state index in [1.54, 1.807) is 25.2 Å². The topological polar surface area (TPSA) is 91.0 Å². The van der Waals surface area contributed by atoms with Crippen molar-refractivity contribution in [3.8, 4) is 0 Å². The second-order valence-corrected chi connectivity index (χ2v) is 5.03. The van der Waals surface area contributed by atoms with Crippen LogP contribution in [0.4, 0.5) is 10.5 Å². The zero-order valence-electron chi connectivity index (χ0n) is 11.5. The summed E-state index contributed by atoms with van der Waals surface area (Å²) in [6.07, 6.45) is 4.44. The molecule has 6 heteroatoms. The van der Waals surface area contributed by atoms with Crippen molar-refractivity contribution >= 4 is 17.6 Å². The molecule has 6 nitrogen and oxygen atoms in total. The highest BCUT2D eigenvalue weighted by Crippen LogP contribution is 2.19. The average Bonchev–Trinajstić information content (AvgIpc) is 2.98. The normalized spacial score (nSPS) is 16.1. The Morgan fingerprint density at radius 1 is 1.45 bits per heavy atom. The molecule has 2 amide bonds. The Balaban J connectivity index is 2.07. The molecule has 0 unspecified atom stereocenters. The molecule has 1 saturated carbocycles. The van der Waals surface area contributed by atoms with Gasteiger partial charge in [-0.05, 0) is 25.0 Å². The first-order valence-electron chi connectivity index (χ1n) is 6.74. The number of anilines is 1. The van der Waals surface area contributed by atoms with Crippen LogP contribution in [-0.2, 0) is 0 Å². The Labute approximate surface area is 118 Å². The van der Waals surface area contributed by atoms with Crippen LogP contribution in [0.2, 0.25) is 0 Å². The lowest BCUT2D eigenvalue weighted by molar-refractivity contribution is 0.244. The molecule has 0 saturated heterocycles. The molecule has 2 rings (SSSR count). The van der Waals surface area contributed by atoms with Crippen LogP contribution in [0.15, 0.2) is 29.4 Å². The molecular weight excluding hydrogens is 256 g/mol. The van der Waals surface area contributed by atoms with Crippen molar-refractivity contribution in [1.82, 2.24) is 5.32 Å². The summed E-state index contributed by atoms with van der Waals surface area (Å²) in [7, 11) is 1.70. The SMILES string of the molecule is CN(C(=O)NC1CCCC1)c1cccc(/C(N)=N/O)c1. The first-order valence-corrected chi connectivity index (χ1v) is 6.74. The Bertz CT molecular complexity index is 510. The second kappa shape index (κ2) is 6.27. The van der Waals surface area contributed by atoms with Gasteiger partial charge in [-0.25, -0.2) is 4.79 Å². The number of hydrogen-bond acceptors (Lipinski definition) is 3. The van der Waals surface area contributed by atoms with E-state index in [0.29, 0.717) is 11.3 Å². The zero-order valence-corrected chi connectivity index (χ0v) is 11.5. The molecule has 1 fully saturated rings. The van der Waals surface area contributed by atoms with E-state index in [9.17, 15) is 4.79 Å². The number of amidine groups is 1. The van der Waals surface area contributed by atoms with E-state index in [2.05, 4.69) is 10.5 Å². The van der Waals surface area contributed by atoms with Crippen LogP contribution in [0, 0.1) is 0 Å². The molecule has 0 aliphatic heterocycles. The molecule has 4 N–H and O–H groups in total. The minimum atomic E-state index is -0.131. The molecule has 0 spiro atoms. The maximum Gasteiger partial charge on any atom is 0.321 e. The minimum Gasteiger partial charge on any atom is -0.409 e. The average molecular weight is 276 g/mol. The third-order valence-electron chi connectivity index (χ3n) is 3.62. The molecule has 1 aliphatic carbocycles. The number of hydrogen-bond donors (Lipinski definition) is 3. The van der Waals surface area contributed by atoms with Crippen molar-refractivity contribution in [1.29, 1.82) is 0 Å². The van der Waals surface area contributed by atoms with E-state index in [4.69, 9.17) is 10.9 Å². The predicted molar refractivity (Wildman–Crippen MR) is 78.1 cm³/mol. The number of amides is 2. The lowest BCUT2D eigenvalue weighted by Crippen LogP contribution is -2.42. The Kier molecular flexibility index (Phi) is 4.45. The number of nitrogens with one attached hydrogen (secondary N) is 1. The Hall–Kier alpha value is -2.24. The molecule has 1 aromatic carbocycles. The van der Waals surface area contributed by atoms with E-state index in [0.717, 1.165) is 12.8 Å². The third kappa shape index (κ3) is 3.20. The van der Waals surface area contributed by atoms with E-state index in [-0.39, 0.29) is 17.9 Å². The first kappa shape index (κ1) is 14.2. The van der Waals surface area contributed by atoms with Crippen molar-refractivity contribution in [2.24, 2.45) is 10.9 Å². The van der Waals surface area contributed by atoms with E-state index < -0.39 is 0 Å². The summed E-state index contributed by atoms with van der Waals surface area (Å²) in [5.74, 6) is 0.0245. The van der Waals surface area contributed by atoms with Crippen molar-refractivity contribution < 1.29 is 10.0 Å². The first-order chi connectivity index (χ1) is 9.61. The summed E-state index contributed by atoms with van der Waals surface area (Å²) in [5, 5.41) is 14.7. The van der Waals surface area contributed by atoms with Gasteiger partial charge >= 0.3 is 6.03 Å². The van der Waals surface area contributed by atoms with Gasteiger partial charge in [-0.15, -0.1) is 0 Å². The number of oxime groups is 1. The van der Waals surface area contributed by atoms with Crippen molar-refractivity contribution in [2.45, 2.75) is 31.7 Å². The van der Waals surface area contributed by atoms with Crippen LogP contribution in [0.25, 0.3) is 0 Å². The molecule has 0 heterocycles. The number of nitrogens with zero attached hydrogens (tertiary/aromatic N) is 2. The van der Waals surface area contributed by atoms with Gasteiger partial charge in [0.2, 0.25) is 0 Å². The largest absolute Gasteiger partial charge is 0.409 e. The Morgan fingerprint density at radius 2 is 2.15 bits per heavy atom. The summed E-state index contributed by atoms with van der Waals surface area (Å²) in [6, 6.07) is 7.15. The number of rotatable bonds is 3. The van der Waals surface area contributed by atoms with Crippen molar-refractivity contribution in [3.63, 3.8) is 0 Å². The number of benzene rings is 1. The number of carbonyl (C=O) groups is 1. The summed E-state index contributed by atoms with van der Waals surface area (Å²) in [6.45, 7) is 0. The highest BCUT2D eigenvalue weighted by atomic mass is 16.4. The second-order valence-electron chi connectivity index (χ2n) is 5.03. The number of urea groups is 1. The molecule has 0 radical (unpaired) electrons. The standard InChI is InChI=1S/C14H20N4O2/c1-18(14(19)16-11-6-2-3-7-11)12-8-4-5-10(9-12)13(15)17-20/h4-5,8-9,11,20H,2-3,6-7H2,1H3,(H2,15,17)(H,16,19). The molecule has 1 aliphatic rings. The van der Waals surface area contributed by atoms with E-state index in [1.807, 2.05) is 6.07 Å². The predicted octanol–water partition coefficient (Wildman–Crippen LogP) is 1.87. The van der Waals surface area contributed by atoms with Gasteiger partial charge < -0.3 is 16.3 Å². The molecular formula is C14H20N4O2. The number of carbonyl (C=O) groups excluding carboxylic acids is 1. The fourth-order valence-corrected chi connectivity index (χ4v) is 2.39. The third-order valence-corrected chi connectivity index (χ3v) is 3.62. The monoisotopic (exact) mass is 276 g/mol. The Morgan fingerprint density at radius 3 is 2.80 bits per heavy atom. The molecule has 0 aromatic heterocycles. The van der Waals surface area contributed by atoms with Crippen LogP contribution in [0.3, 0.4) is 0 Å². The fourth-order valence-electron chi connectivity index (χ4n) is 2.39. The quantitative estimate of drug-likeness (QED) is 0.340. The van der Waals surface area contributed by atoms with Gasteiger partial charge in [-0.1, -0.05) is 30.1 Å².